The molecule has 1 aliphatic rings. The number of imidazole rings is 1. The van der Waals surface area contributed by atoms with Gasteiger partial charge in [0.05, 0.1) is 12.5 Å². The Balaban J connectivity index is 1.60. The summed E-state index contributed by atoms with van der Waals surface area (Å²) in [4.78, 5) is 16.1. The molecule has 1 N–H and O–H groups in total. The third-order valence-electron chi connectivity index (χ3n) is 3.81. The molecule has 0 spiro atoms. The van der Waals surface area contributed by atoms with Gasteiger partial charge in [-0.1, -0.05) is 12.1 Å². The van der Waals surface area contributed by atoms with Crippen molar-refractivity contribution in [1.29, 1.82) is 0 Å². The third kappa shape index (κ3) is 3.13. The largest absolute Gasteiger partial charge is 0.381 e. The molecule has 1 aromatic heterocycles. The second-order valence-corrected chi connectivity index (χ2v) is 5.29. The lowest BCUT2D eigenvalue weighted by Crippen LogP contribution is -2.30. The van der Waals surface area contributed by atoms with Crippen LogP contribution < -0.4 is 5.32 Å². The van der Waals surface area contributed by atoms with E-state index in [4.69, 9.17) is 4.74 Å². The van der Waals surface area contributed by atoms with Gasteiger partial charge in [-0.25, -0.2) is 4.98 Å². The maximum absolute atomic E-state index is 11.9. The molecule has 0 unspecified atom stereocenters. The molecule has 0 radical (unpaired) electrons. The molecule has 1 fully saturated rings. The highest BCUT2D eigenvalue weighted by molar-refractivity contribution is 5.78. The van der Waals surface area contributed by atoms with Crippen LogP contribution in [0.3, 0.4) is 0 Å². The van der Waals surface area contributed by atoms with Gasteiger partial charge in [-0.15, -0.1) is 0 Å². The number of rotatable bonds is 4. The standard InChI is InChI=1S/C16H19N3O2/c1-12-17-7-8-19(12)15-4-2-13(3-5-15)10-18-16(20)14-6-9-21-11-14/h2-5,7-8,14H,6,9-11H2,1H3,(H,18,20)/t14-/m0/s1. The Morgan fingerprint density at radius 2 is 2.24 bits per heavy atom. The van der Waals surface area contributed by atoms with E-state index in [-0.39, 0.29) is 11.8 Å². The smallest absolute Gasteiger partial charge is 0.225 e. The van der Waals surface area contributed by atoms with Crippen molar-refractivity contribution in [2.24, 2.45) is 5.92 Å². The summed E-state index contributed by atoms with van der Waals surface area (Å²) in [6.07, 6.45) is 4.55. The maximum Gasteiger partial charge on any atom is 0.225 e. The lowest BCUT2D eigenvalue weighted by molar-refractivity contribution is -0.125. The molecule has 2 aromatic rings. The van der Waals surface area contributed by atoms with Crippen molar-refractivity contribution < 1.29 is 9.53 Å². The summed E-state index contributed by atoms with van der Waals surface area (Å²) in [5.41, 5.74) is 2.16. The Bertz CT molecular complexity index is 613. The Kier molecular flexibility index (Phi) is 4.01. The van der Waals surface area contributed by atoms with Crippen molar-refractivity contribution in [2.45, 2.75) is 19.9 Å². The van der Waals surface area contributed by atoms with E-state index < -0.39 is 0 Å². The Labute approximate surface area is 124 Å². The average Bonchev–Trinajstić information content (AvgIpc) is 3.17. The van der Waals surface area contributed by atoms with Gasteiger partial charge in [0.25, 0.3) is 0 Å². The van der Waals surface area contributed by atoms with E-state index in [1.54, 1.807) is 6.20 Å². The Hall–Kier alpha value is -2.14. The zero-order chi connectivity index (χ0) is 14.7. The van der Waals surface area contributed by atoms with Crippen LogP contribution in [0.4, 0.5) is 0 Å². The van der Waals surface area contributed by atoms with E-state index in [0.717, 1.165) is 23.5 Å². The number of benzene rings is 1. The first-order valence-corrected chi connectivity index (χ1v) is 7.19. The van der Waals surface area contributed by atoms with Crippen LogP contribution in [-0.2, 0) is 16.1 Å². The summed E-state index contributed by atoms with van der Waals surface area (Å²) < 4.78 is 7.26. The van der Waals surface area contributed by atoms with Crippen LogP contribution in [0.5, 0.6) is 0 Å². The van der Waals surface area contributed by atoms with Crippen LogP contribution in [0.2, 0.25) is 0 Å². The van der Waals surface area contributed by atoms with Gasteiger partial charge < -0.3 is 14.6 Å². The molecule has 3 rings (SSSR count). The number of amides is 1. The van der Waals surface area contributed by atoms with Crippen LogP contribution in [-0.4, -0.2) is 28.7 Å². The van der Waals surface area contributed by atoms with Gasteiger partial charge in [-0.2, -0.15) is 0 Å². The number of hydrogen-bond acceptors (Lipinski definition) is 3. The minimum atomic E-state index is 0.0119. The van der Waals surface area contributed by atoms with Crippen molar-refractivity contribution >= 4 is 5.91 Å². The highest BCUT2D eigenvalue weighted by Crippen LogP contribution is 2.14. The minimum Gasteiger partial charge on any atom is -0.381 e. The number of carbonyl (C=O) groups is 1. The molecule has 5 heteroatoms. The highest BCUT2D eigenvalue weighted by Gasteiger charge is 2.22. The number of hydrogen-bond donors (Lipinski definition) is 1. The number of nitrogens with one attached hydrogen (secondary N) is 1. The first kappa shape index (κ1) is 13.8. The van der Waals surface area contributed by atoms with Crippen LogP contribution in [0, 0.1) is 12.8 Å². The second kappa shape index (κ2) is 6.10. The summed E-state index contributed by atoms with van der Waals surface area (Å²) in [7, 11) is 0. The first-order chi connectivity index (χ1) is 10.2. The van der Waals surface area contributed by atoms with E-state index >= 15 is 0 Å². The SMILES string of the molecule is Cc1nccn1-c1ccc(CNC(=O)[C@H]2CCOC2)cc1. The highest BCUT2D eigenvalue weighted by atomic mass is 16.5. The molecule has 1 aromatic carbocycles. The molecule has 0 bridgehead atoms. The van der Waals surface area contributed by atoms with Gasteiger partial charge in [0, 0.05) is 31.2 Å². The fourth-order valence-corrected chi connectivity index (χ4v) is 2.50. The van der Waals surface area contributed by atoms with Gasteiger partial charge in [0.1, 0.15) is 5.82 Å². The van der Waals surface area contributed by atoms with Crippen LogP contribution in [0.25, 0.3) is 5.69 Å². The Morgan fingerprint density at radius 3 is 2.86 bits per heavy atom. The molecule has 0 aliphatic carbocycles. The zero-order valence-electron chi connectivity index (χ0n) is 12.1. The molecule has 21 heavy (non-hydrogen) atoms. The number of carbonyl (C=O) groups excluding carboxylic acids is 1. The van der Waals surface area contributed by atoms with Crippen molar-refractivity contribution in [3.63, 3.8) is 0 Å². The summed E-state index contributed by atoms with van der Waals surface area (Å²) in [6.45, 7) is 3.76. The molecule has 1 amide bonds. The molecule has 1 saturated heterocycles. The summed E-state index contributed by atoms with van der Waals surface area (Å²) in [6, 6.07) is 8.13. The normalized spacial score (nSPS) is 17.9. The van der Waals surface area contributed by atoms with Crippen molar-refractivity contribution in [3.05, 3.63) is 48.0 Å². The lowest BCUT2D eigenvalue weighted by atomic mass is 10.1. The summed E-state index contributed by atoms with van der Waals surface area (Å²) in [5.74, 6) is 1.05. The molecule has 110 valence electrons. The van der Waals surface area contributed by atoms with Crippen molar-refractivity contribution in [1.82, 2.24) is 14.9 Å². The average molecular weight is 285 g/mol. The minimum absolute atomic E-state index is 0.0119. The van der Waals surface area contributed by atoms with Gasteiger partial charge >= 0.3 is 0 Å². The fraction of sp³-hybridized carbons (Fsp3) is 0.375. The number of aromatic nitrogens is 2. The molecule has 1 atom stereocenters. The second-order valence-electron chi connectivity index (χ2n) is 5.29. The van der Waals surface area contributed by atoms with Crippen molar-refractivity contribution in [3.8, 4) is 5.69 Å². The van der Waals surface area contributed by atoms with E-state index in [0.29, 0.717) is 19.8 Å². The monoisotopic (exact) mass is 285 g/mol. The van der Waals surface area contributed by atoms with E-state index in [9.17, 15) is 4.79 Å². The molecule has 5 nitrogen and oxygen atoms in total. The quantitative estimate of drug-likeness (QED) is 0.932. The Morgan fingerprint density at radius 1 is 1.43 bits per heavy atom. The van der Waals surface area contributed by atoms with Crippen LogP contribution in [0.15, 0.2) is 36.7 Å². The van der Waals surface area contributed by atoms with Crippen LogP contribution >= 0.6 is 0 Å². The summed E-state index contributed by atoms with van der Waals surface area (Å²) >= 11 is 0. The number of aryl methyl sites for hydroxylation is 1. The third-order valence-corrected chi connectivity index (χ3v) is 3.81. The number of ether oxygens (including phenoxy) is 1. The molecular weight excluding hydrogens is 266 g/mol. The van der Waals surface area contributed by atoms with Gasteiger partial charge in [-0.3, -0.25) is 4.79 Å². The number of nitrogens with zero attached hydrogens (tertiary/aromatic N) is 2. The van der Waals surface area contributed by atoms with Crippen LogP contribution in [0.1, 0.15) is 17.8 Å². The molecular formula is C16H19N3O2. The van der Waals surface area contributed by atoms with Gasteiger partial charge in [-0.05, 0) is 31.0 Å². The molecule has 0 saturated carbocycles. The van der Waals surface area contributed by atoms with Gasteiger partial charge in [0.15, 0.2) is 0 Å². The molecule has 2 heterocycles. The topological polar surface area (TPSA) is 56.2 Å². The summed E-state index contributed by atoms with van der Waals surface area (Å²) in [5, 5.41) is 2.97. The van der Waals surface area contributed by atoms with Crippen molar-refractivity contribution in [2.75, 3.05) is 13.2 Å². The van der Waals surface area contributed by atoms with E-state index in [2.05, 4.69) is 10.3 Å². The predicted octanol–water partition coefficient (Wildman–Crippen LogP) is 1.83. The first-order valence-electron chi connectivity index (χ1n) is 7.19. The zero-order valence-corrected chi connectivity index (χ0v) is 12.1. The predicted molar refractivity (Wildman–Crippen MR) is 79.1 cm³/mol. The molecule has 1 aliphatic heterocycles. The lowest BCUT2D eigenvalue weighted by Gasteiger charge is -2.10. The maximum atomic E-state index is 11.9. The van der Waals surface area contributed by atoms with E-state index in [1.165, 1.54) is 0 Å². The van der Waals surface area contributed by atoms with E-state index in [1.807, 2.05) is 42.0 Å². The fourth-order valence-electron chi connectivity index (χ4n) is 2.50. The van der Waals surface area contributed by atoms with Gasteiger partial charge in [0.2, 0.25) is 5.91 Å².